The lowest BCUT2D eigenvalue weighted by molar-refractivity contribution is 0.749. The Labute approximate surface area is 101 Å². The molecule has 88 valence electrons. The highest BCUT2D eigenvalue weighted by atomic mass is 15.3. The molecule has 1 fully saturated rings. The number of aromatic nitrogens is 2. The van der Waals surface area contributed by atoms with Gasteiger partial charge in [0, 0.05) is 18.5 Å². The van der Waals surface area contributed by atoms with Crippen molar-refractivity contribution in [2.75, 3.05) is 5.73 Å². The second kappa shape index (κ2) is 3.62. The standard InChI is InChI=1S/C14H17N3/c1-9-13(16-17(2)14(9)15)12-8-11(12)10-6-4-3-5-7-10/h3-7,11-12H,8,15H2,1-2H3. The zero-order valence-electron chi connectivity index (χ0n) is 10.2. The molecule has 0 amide bonds. The molecule has 1 heterocycles. The van der Waals surface area contributed by atoms with Crippen LogP contribution in [0.5, 0.6) is 0 Å². The SMILES string of the molecule is Cc1c(C2CC2c2ccccc2)nn(C)c1N. The van der Waals surface area contributed by atoms with E-state index in [9.17, 15) is 0 Å². The number of hydrogen-bond acceptors (Lipinski definition) is 2. The highest BCUT2D eigenvalue weighted by molar-refractivity contribution is 5.47. The summed E-state index contributed by atoms with van der Waals surface area (Å²) in [5.41, 5.74) is 9.70. The van der Waals surface area contributed by atoms with Gasteiger partial charge < -0.3 is 5.73 Å². The van der Waals surface area contributed by atoms with E-state index in [1.807, 2.05) is 7.05 Å². The summed E-state index contributed by atoms with van der Waals surface area (Å²) in [7, 11) is 1.91. The van der Waals surface area contributed by atoms with E-state index in [2.05, 4.69) is 42.4 Å². The van der Waals surface area contributed by atoms with Crippen LogP contribution in [0.1, 0.15) is 35.1 Å². The second-order valence-electron chi connectivity index (χ2n) is 4.88. The van der Waals surface area contributed by atoms with Crippen molar-refractivity contribution in [3.8, 4) is 0 Å². The van der Waals surface area contributed by atoms with Gasteiger partial charge in [-0.05, 0) is 24.8 Å². The molecule has 1 aromatic heterocycles. The predicted octanol–water partition coefficient (Wildman–Crippen LogP) is 2.58. The highest BCUT2D eigenvalue weighted by Crippen LogP contribution is 2.55. The monoisotopic (exact) mass is 227 g/mol. The molecule has 1 saturated carbocycles. The maximum absolute atomic E-state index is 5.95. The molecule has 3 rings (SSSR count). The van der Waals surface area contributed by atoms with Crippen LogP contribution in [0.3, 0.4) is 0 Å². The lowest BCUT2D eigenvalue weighted by Gasteiger charge is -1.99. The molecule has 3 heteroatoms. The Hall–Kier alpha value is -1.77. The molecule has 1 aliphatic carbocycles. The van der Waals surface area contributed by atoms with Crippen molar-refractivity contribution in [3.63, 3.8) is 0 Å². The third kappa shape index (κ3) is 1.62. The molecule has 0 aliphatic heterocycles. The van der Waals surface area contributed by atoms with Gasteiger partial charge in [0.25, 0.3) is 0 Å². The van der Waals surface area contributed by atoms with E-state index in [1.165, 1.54) is 17.7 Å². The summed E-state index contributed by atoms with van der Waals surface area (Å²) < 4.78 is 1.78. The Bertz CT molecular complexity index is 542. The summed E-state index contributed by atoms with van der Waals surface area (Å²) in [6.45, 7) is 2.07. The average Bonchev–Trinajstić information content (AvgIpc) is 3.10. The van der Waals surface area contributed by atoms with Crippen LogP contribution in [0, 0.1) is 6.92 Å². The average molecular weight is 227 g/mol. The Morgan fingerprint density at radius 1 is 1.24 bits per heavy atom. The maximum Gasteiger partial charge on any atom is 0.124 e. The van der Waals surface area contributed by atoms with E-state index in [1.54, 1.807) is 4.68 Å². The van der Waals surface area contributed by atoms with Crippen LogP contribution in [-0.4, -0.2) is 9.78 Å². The molecule has 3 nitrogen and oxygen atoms in total. The zero-order valence-corrected chi connectivity index (χ0v) is 10.2. The van der Waals surface area contributed by atoms with Crippen LogP contribution in [0.2, 0.25) is 0 Å². The Balaban J connectivity index is 1.87. The molecule has 2 unspecified atom stereocenters. The van der Waals surface area contributed by atoms with Gasteiger partial charge in [-0.1, -0.05) is 30.3 Å². The van der Waals surface area contributed by atoms with Crippen molar-refractivity contribution < 1.29 is 0 Å². The minimum atomic E-state index is 0.556. The number of anilines is 1. The summed E-state index contributed by atoms with van der Waals surface area (Å²) in [4.78, 5) is 0. The van der Waals surface area contributed by atoms with E-state index in [0.717, 1.165) is 11.4 Å². The third-order valence-electron chi connectivity index (χ3n) is 3.74. The number of rotatable bonds is 2. The van der Waals surface area contributed by atoms with Crippen LogP contribution in [0.15, 0.2) is 30.3 Å². The van der Waals surface area contributed by atoms with E-state index in [4.69, 9.17) is 5.73 Å². The molecule has 1 aromatic carbocycles. The van der Waals surface area contributed by atoms with Crippen LogP contribution in [0.25, 0.3) is 0 Å². The fourth-order valence-corrected chi connectivity index (χ4v) is 2.58. The number of nitrogens with zero attached hydrogens (tertiary/aromatic N) is 2. The fraction of sp³-hybridized carbons (Fsp3) is 0.357. The molecule has 2 N–H and O–H groups in total. The number of benzene rings is 1. The minimum absolute atomic E-state index is 0.556. The highest BCUT2D eigenvalue weighted by Gasteiger charge is 2.42. The van der Waals surface area contributed by atoms with Crippen LogP contribution >= 0.6 is 0 Å². The molecule has 2 aromatic rings. The van der Waals surface area contributed by atoms with Gasteiger partial charge in [0.05, 0.1) is 5.69 Å². The first-order valence-electron chi connectivity index (χ1n) is 6.02. The van der Waals surface area contributed by atoms with Gasteiger partial charge in [-0.2, -0.15) is 5.10 Å². The first-order chi connectivity index (χ1) is 8.18. The smallest absolute Gasteiger partial charge is 0.124 e. The van der Waals surface area contributed by atoms with Crippen molar-refractivity contribution in [2.45, 2.75) is 25.2 Å². The van der Waals surface area contributed by atoms with Gasteiger partial charge in [-0.3, -0.25) is 4.68 Å². The summed E-state index contributed by atoms with van der Waals surface area (Å²) in [6, 6.07) is 10.7. The van der Waals surface area contributed by atoms with E-state index < -0.39 is 0 Å². The summed E-state index contributed by atoms with van der Waals surface area (Å²) in [5, 5.41) is 4.54. The van der Waals surface area contributed by atoms with Crippen LogP contribution in [0.4, 0.5) is 5.82 Å². The van der Waals surface area contributed by atoms with Gasteiger partial charge in [0.1, 0.15) is 5.82 Å². The molecule has 2 atom stereocenters. The molecule has 1 aliphatic rings. The first-order valence-corrected chi connectivity index (χ1v) is 6.02. The Morgan fingerprint density at radius 3 is 2.53 bits per heavy atom. The van der Waals surface area contributed by atoms with Crippen molar-refractivity contribution in [1.82, 2.24) is 9.78 Å². The Morgan fingerprint density at radius 2 is 1.94 bits per heavy atom. The van der Waals surface area contributed by atoms with Gasteiger partial charge in [-0.15, -0.1) is 0 Å². The lowest BCUT2D eigenvalue weighted by Crippen LogP contribution is -1.97. The fourth-order valence-electron chi connectivity index (χ4n) is 2.58. The van der Waals surface area contributed by atoms with Gasteiger partial charge >= 0.3 is 0 Å². The third-order valence-corrected chi connectivity index (χ3v) is 3.74. The topological polar surface area (TPSA) is 43.8 Å². The van der Waals surface area contributed by atoms with Crippen molar-refractivity contribution in [1.29, 1.82) is 0 Å². The van der Waals surface area contributed by atoms with Crippen molar-refractivity contribution in [2.24, 2.45) is 7.05 Å². The van der Waals surface area contributed by atoms with Crippen LogP contribution < -0.4 is 5.73 Å². The summed E-state index contributed by atoms with van der Waals surface area (Å²) in [5.74, 6) is 1.98. The summed E-state index contributed by atoms with van der Waals surface area (Å²) >= 11 is 0. The maximum atomic E-state index is 5.95. The van der Waals surface area contributed by atoms with Crippen LogP contribution in [-0.2, 0) is 7.05 Å². The summed E-state index contributed by atoms with van der Waals surface area (Å²) in [6.07, 6.45) is 1.20. The number of nitrogen functional groups attached to an aromatic ring is 1. The molecule has 0 spiro atoms. The van der Waals surface area contributed by atoms with Gasteiger partial charge in [0.2, 0.25) is 0 Å². The lowest BCUT2D eigenvalue weighted by atomic mass is 10.1. The molecule has 0 saturated heterocycles. The Kier molecular flexibility index (Phi) is 2.21. The molecular formula is C14H17N3. The van der Waals surface area contributed by atoms with E-state index in [0.29, 0.717) is 11.8 Å². The number of aryl methyl sites for hydroxylation is 1. The van der Waals surface area contributed by atoms with E-state index >= 15 is 0 Å². The zero-order chi connectivity index (χ0) is 12.0. The largest absolute Gasteiger partial charge is 0.384 e. The van der Waals surface area contributed by atoms with Gasteiger partial charge in [-0.25, -0.2) is 0 Å². The molecule has 0 radical (unpaired) electrons. The number of hydrogen-bond donors (Lipinski definition) is 1. The molecular weight excluding hydrogens is 210 g/mol. The second-order valence-corrected chi connectivity index (χ2v) is 4.88. The quantitative estimate of drug-likeness (QED) is 0.857. The number of nitrogens with two attached hydrogens (primary N) is 1. The molecule has 17 heavy (non-hydrogen) atoms. The molecule has 0 bridgehead atoms. The normalized spacial score (nSPS) is 22.7. The van der Waals surface area contributed by atoms with Crippen molar-refractivity contribution >= 4 is 5.82 Å². The first kappa shape index (κ1) is 10.4. The van der Waals surface area contributed by atoms with Crippen molar-refractivity contribution in [3.05, 3.63) is 47.2 Å². The van der Waals surface area contributed by atoms with Gasteiger partial charge in [0.15, 0.2) is 0 Å². The minimum Gasteiger partial charge on any atom is -0.384 e. The predicted molar refractivity (Wildman–Crippen MR) is 68.9 cm³/mol. The van der Waals surface area contributed by atoms with E-state index in [-0.39, 0.29) is 0 Å².